The molecule has 1 aromatic rings. The average Bonchev–Trinajstić information content (AvgIpc) is 2.28. The Morgan fingerprint density at radius 2 is 2.05 bits per heavy atom. The molecule has 0 aliphatic carbocycles. The zero-order chi connectivity index (χ0) is 14.4. The molecule has 0 atom stereocenters. The molecule has 1 rings (SSSR count). The summed E-state index contributed by atoms with van der Waals surface area (Å²) in [5, 5.41) is 4.22. The summed E-state index contributed by atoms with van der Waals surface area (Å²) in [6.07, 6.45) is 0. The molecular weight excluding hydrogens is 314 g/mol. The van der Waals surface area contributed by atoms with Gasteiger partial charge < -0.3 is 10.1 Å². The molecule has 0 bridgehead atoms. The molecule has 2 amide bonds. The minimum Gasteiger partial charge on any atom is -0.461 e. The van der Waals surface area contributed by atoms with Crippen LogP contribution >= 0.6 is 15.9 Å². The van der Waals surface area contributed by atoms with Gasteiger partial charge in [0.05, 0.1) is 0 Å². The van der Waals surface area contributed by atoms with E-state index >= 15 is 0 Å². The number of hydrogen-bond donors (Lipinski definition) is 2. The van der Waals surface area contributed by atoms with Crippen molar-refractivity contribution >= 4 is 33.6 Å². The number of ether oxygens (including phenoxy) is 1. The van der Waals surface area contributed by atoms with Crippen LogP contribution in [0, 0.1) is 0 Å². The number of halogens is 1. The maximum atomic E-state index is 11.6. The van der Waals surface area contributed by atoms with Crippen molar-refractivity contribution in [2.45, 2.75) is 13.5 Å². The van der Waals surface area contributed by atoms with Gasteiger partial charge in [-0.3, -0.25) is 10.2 Å². The summed E-state index contributed by atoms with van der Waals surface area (Å²) in [5.41, 5.74) is 3.86. The number of esters is 1. The largest absolute Gasteiger partial charge is 0.461 e. The predicted octanol–water partition coefficient (Wildman–Crippen LogP) is 2.11. The highest BCUT2D eigenvalue weighted by molar-refractivity contribution is 9.10. The zero-order valence-electron chi connectivity index (χ0n) is 11.0. The van der Waals surface area contributed by atoms with E-state index in [1.807, 2.05) is 0 Å². The fraction of sp³-hybridized carbons (Fsp3) is 0.333. The highest BCUT2D eigenvalue weighted by Crippen LogP contribution is 2.22. The van der Waals surface area contributed by atoms with Crippen LogP contribution in [0.3, 0.4) is 0 Å². The fourth-order valence-electron chi connectivity index (χ4n) is 1.34. The van der Waals surface area contributed by atoms with Gasteiger partial charge in [0, 0.05) is 36.7 Å². The van der Waals surface area contributed by atoms with E-state index in [0.717, 1.165) is 4.47 Å². The van der Waals surface area contributed by atoms with Crippen LogP contribution in [-0.4, -0.2) is 31.1 Å². The number of carbonyl (C=O) groups excluding carboxylic acids is 2. The number of hydrogen-bond acceptors (Lipinski definition) is 4. The van der Waals surface area contributed by atoms with Crippen molar-refractivity contribution in [1.82, 2.24) is 10.4 Å². The molecule has 0 aliphatic heterocycles. The summed E-state index contributed by atoms with van der Waals surface area (Å²) in [6.45, 7) is 1.44. The summed E-state index contributed by atoms with van der Waals surface area (Å²) in [7, 11) is 3.42. The standard InChI is InChI=1S/C12H16BrN3O3/c1-8(17)19-7-9-6-10(13)4-5-11(9)14-12(18)15-16(2)3/h4-6H,7H2,1-3H3,(H2,14,15,18). The van der Waals surface area contributed by atoms with Crippen molar-refractivity contribution in [3.63, 3.8) is 0 Å². The minimum absolute atomic E-state index is 0.104. The van der Waals surface area contributed by atoms with Crippen LogP contribution < -0.4 is 10.7 Å². The molecule has 7 heteroatoms. The molecule has 0 fully saturated rings. The number of anilines is 1. The second-order valence-corrected chi connectivity index (χ2v) is 4.96. The van der Waals surface area contributed by atoms with Gasteiger partial charge in [-0.05, 0) is 18.2 Å². The van der Waals surface area contributed by atoms with Gasteiger partial charge in [0.15, 0.2) is 0 Å². The first-order chi connectivity index (χ1) is 8.88. The number of benzene rings is 1. The average molecular weight is 330 g/mol. The highest BCUT2D eigenvalue weighted by atomic mass is 79.9. The first-order valence-corrected chi connectivity index (χ1v) is 6.34. The smallest absolute Gasteiger partial charge is 0.333 e. The monoisotopic (exact) mass is 329 g/mol. The Bertz CT molecular complexity index is 477. The van der Waals surface area contributed by atoms with Gasteiger partial charge in [-0.1, -0.05) is 15.9 Å². The van der Waals surface area contributed by atoms with Crippen molar-refractivity contribution < 1.29 is 14.3 Å². The quantitative estimate of drug-likeness (QED) is 0.655. The Balaban J connectivity index is 2.81. The van der Waals surface area contributed by atoms with Crippen LogP contribution in [0.1, 0.15) is 12.5 Å². The van der Waals surface area contributed by atoms with E-state index in [9.17, 15) is 9.59 Å². The number of rotatable bonds is 4. The first-order valence-electron chi connectivity index (χ1n) is 5.55. The van der Waals surface area contributed by atoms with Crippen LogP contribution in [0.25, 0.3) is 0 Å². The molecule has 0 radical (unpaired) electrons. The predicted molar refractivity (Wildman–Crippen MR) is 75.5 cm³/mol. The number of urea groups is 1. The lowest BCUT2D eigenvalue weighted by atomic mass is 10.2. The Kier molecular flexibility index (Phi) is 5.78. The minimum atomic E-state index is -0.372. The summed E-state index contributed by atoms with van der Waals surface area (Å²) in [4.78, 5) is 22.5. The number of hydrazine groups is 1. The highest BCUT2D eigenvalue weighted by Gasteiger charge is 2.09. The van der Waals surface area contributed by atoms with Crippen molar-refractivity contribution in [3.05, 3.63) is 28.2 Å². The maximum Gasteiger partial charge on any atom is 0.333 e. The summed E-state index contributed by atoms with van der Waals surface area (Å²) in [6, 6.07) is 4.95. The summed E-state index contributed by atoms with van der Waals surface area (Å²) >= 11 is 3.33. The fourth-order valence-corrected chi connectivity index (χ4v) is 1.74. The van der Waals surface area contributed by atoms with Gasteiger partial charge in [-0.2, -0.15) is 0 Å². The van der Waals surface area contributed by atoms with Gasteiger partial charge in [0.1, 0.15) is 6.61 Å². The van der Waals surface area contributed by atoms with Gasteiger partial charge in [-0.15, -0.1) is 0 Å². The molecule has 0 unspecified atom stereocenters. The maximum absolute atomic E-state index is 11.6. The van der Waals surface area contributed by atoms with Crippen molar-refractivity contribution in [3.8, 4) is 0 Å². The van der Waals surface area contributed by atoms with Gasteiger partial charge in [0.2, 0.25) is 0 Å². The number of nitrogens with one attached hydrogen (secondary N) is 2. The third-order valence-electron chi connectivity index (χ3n) is 2.07. The zero-order valence-corrected chi connectivity index (χ0v) is 12.6. The molecule has 1 aromatic carbocycles. The molecule has 0 saturated heterocycles. The van der Waals surface area contributed by atoms with Crippen LogP contribution in [0.2, 0.25) is 0 Å². The normalized spacial score (nSPS) is 10.2. The number of nitrogens with zero attached hydrogens (tertiary/aromatic N) is 1. The Morgan fingerprint density at radius 3 is 2.63 bits per heavy atom. The second kappa shape index (κ2) is 7.10. The number of carbonyl (C=O) groups is 2. The van der Waals surface area contributed by atoms with E-state index in [2.05, 4.69) is 26.7 Å². The second-order valence-electron chi connectivity index (χ2n) is 4.04. The van der Waals surface area contributed by atoms with E-state index in [-0.39, 0.29) is 18.6 Å². The van der Waals surface area contributed by atoms with Gasteiger partial charge in [-0.25, -0.2) is 9.80 Å². The Labute approximate surface area is 120 Å². The third-order valence-corrected chi connectivity index (χ3v) is 2.56. The van der Waals surface area contributed by atoms with Crippen molar-refractivity contribution in [1.29, 1.82) is 0 Å². The Hall–Kier alpha value is -1.60. The molecule has 0 heterocycles. The molecule has 104 valence electrons. The number of amides is 2. The Morgan fingerprint density at radius 1 is 1.37 bits per heavy atom. The molecule has 19 heavy (non-hydrogen) atoms. The van der Waals surface area contributed by atoms with Gasteiger partial charge in [0.25, 0.3) is 0 Å². The lowest BCUT2D eigenvalue weighted by Gasteiger charge is -2.15. The first kappa shape index (κ1) is 15.5. The lowest BCUT2D eigenvalue weighted by molar-refractivity contribution is -0.142. The van der Waals surface area contributed by atoms with Crippen molar-refractivity contribution in [2.75, 3.05) is 19.4 Å². The van der Waals surface area contributed by atoms with Crippen LogP contribution in [0.4, 0.5) is 10.5 Å². The lowest BCUT2D eigenvalue weighted by Crippen LogP contribution is -2.39. The van der Waals surface area contributed by atoms with E-state index in [4.69, 9.17) is 4.74 Å². The summed E-state index contributed by atoms with van der Waals surface area (Å²) < 4.78 is 5.79. The van der Waals surface area contributed by atoms with E-state index in [1.54, 1.807) is 32.3 Å². The molecule has 2 N–H and O–H groups in total. The molecule has 0 aliphatic rings. The van der Waals surface area contributed by atoms with Gasteiger partial charge >= 0.3 is 12.0 Å². The molecular formula is C12H16BrN3O3. The van der Waals surface area contributed by atoms with Crippen molar-refractivity contribution in [2.24, 2.45) is 0 Å². The molecule has 0 spiro atoms. The van der Waals surface area contributed by atoms with Crippen LogP contribution in [-0.2, 0) is 16.1 Å². The molecule has 0 saturated carbocycles. The molecule has 0 aromatic heterocycles. The van der Waals surface area contributed by atoms with E-state index in [1.165, 1.54) is 11.9 Å². The SMILES string of the molecule is CC(=O)OCc1cc(Br)ccc1NC(=O)NN(C)C. The third kappa shape index (κ3) is 5.71. The summed E-state index contributed by atoms with van der Waals surface area (Å²) in [5.74, 6) is -0.372. The van der Waals surface area contributed by atoms with E-state index in [0.29, 0.717) is 11.3 Å². The van der Waals surface area contributed by atoms with Crippen LogP contribution in [0.5, 0.6) is 0 Å². The van der Waals surface area contributed by atoms with Crippen LogP contribution in [0.15, 0.2) is 22.7 Å². The topological polar surface area (TPSA) is 70.7 Å². The molecule has 6 nitrogen and oxygen atoms in total. The van der Waals surface area contributed by atoms with E-state index < -0.39 is 0 Å².